The number of carboxylic acid groups (broad SMARTS) is 1. The van der Waals surface area contributed by atoms with E-state index in [4.69, 9.17) is 4.74 Å². The standard InChI is InChI=1S/C23H15F6NO4/c24-22(25,26)15-9-16(23(27,28)29)11-17(10-15)30-20(31)18-8-14(21(32)33)6-7-19(18)34-12-13-4-2-1-3-5-13/h1-11H,12H2,(H,30,31)(H,32,33). The molecule has 178 valence electrons. The van der Waals surface area contributed by atoms with E-state index < -0.39 is 41.0 Å². The van der Waals surface area contributed by atoms with Gasteiger partial charge in [0.1, 0.15) is 12.4 Å². The first-order valence-electron chi connectivity index (χ1n) is 9.49. The maximum absolute atomic E-state index is 13.1. The van der Waals surface area contributed by atoms with Crippen LogP contribution in [0.3, 0.4) is 0 Å². The lowest BCUT2D eigenvalue weighted by molar-refractivity contribution is -0.143. The third-order valence-electron chi connectivity index (χ3n) is 4.55. The summed E-state index contributed by atoms with van der Waals surface area (Å²) >= 11 is 0. The summed E-state index contributed by atoms with van der Waals surface area (Å²) in [4.78, 5) is 24.1. The summed E-state index contributed by atoms with van der Waals surface area (Å²) in [6, 6.07) is 12.5. The molecule has 3 aromatic carbocycles. The number of carboxylic acids is 1. The Bertz CT molecular complexity index is 1170. The molecule has 0 aliphatic rings. The maximum Gasteiger partial charge on any atom is 0.416 e. The van der Waals surface area contributed by atoms with Crippen molar-refractivity contribution in [3.8, 4) is 5.75 Å². The van der Waals surface area contributed by atoms with Gasteiger partial charge in [-0.1, -0.05) is 30.3 Å². The Balaban J connectivity index is 1.97. The Kier molecular flexibility index (Phi) is 6.85. The minimum Gasteiger partial charge on any atom is -0.488 e. The van der Waals surface area contributed by atoms with Crippen LogP contribution in [0.2, 0.25) is 0 Å². The molecule has 0 radical (unpaired) electrons. The Morgan fingerprint density at radius 3 is 1.94 bits per heavy atom. The van der Waals surface area contributed by atoms with Crippen molar-refractivity contribution in [2.24, 2.45) is 0 Å². The summed E-state index contributed by atoms with van der Waals surface area (Å²) in [7, 11) is 0. The van der Waals surface area contributed by atoms with E-state index in [1.807, 2.05) is 5.32 Å². The van der Waals surface area contributed by atoms with Gasteiger partial charge < -0.3 is 15.2 Å². The Morgan fingerprint density at radius 1 is 0.824 bits per heavy atom. The van der Waals surface area contributed by atoms with Crippen LogP contribution in [0, 0.1) is 0 Å². The van der Waals surface area contributed by atoms with Crippen LogP contribution in [-0.4, -0.2) is 17.0 Å². The van der Waals surface area contributed by atoms with Crippen molar-refractivity contribution < 1.29 is 45.8 Å². The highest BCUT2D eigenvalue weighted by Crippen LogP contribution is 2.37. The van der Waals surface area contributed by atoms with Crippen molar-refractivity contribution in [1.29, 1.82) is 0 Å². The van der Waals surface area contributed by atoms with Crippen LogP contribution in [0.5, 0.6) is 5.75 Å². The molecule has 0 aromatic heterocycles. The van der Waals surface area contributed by atoms with Gasteiger partial charge in [-0.05, 0) is 42.0 Å². The summed E-state index contributed by atoms with van der Waals surface area (Å²) in [6.45, 7) is -0.0324. The largest absolute Gasteiger partial charge is 0.488 e. The van der Waals surface area contributed by atoms with E-state index in [0.717, 1.165) is 12.1 Å². The van der Waals surface area contributed by atoms with E-state index in [0.29, 0.717) is 17.7 Å². The molecule has 3 aromatic rings. The van der Waals surface area contributed by atoms with Crippen LogP contribution >= 0.6 is 0 Å². The van der Waals surface area contributed by atoms with Crippen LogP contribution < -0.4 is 10.1 Å². The molecule has 1 amide bonds. The smallest absolute Gasteiger partial charge is 0.416 e. The summed E-state index contributed by atoms with van der Waals surface area (Å²) < 4.78 is 84.2. The zero-order valence-electron chi connectivity index (χ0n) is 17.0. The van der Waals surface area contributed by atoms with Crippen molar-refractivity contribution in [2.45, 2.75) is 19.0 Å². The molecule has 0 unspecified atom stereocenters. The number of benzene rings is 3. The molecule has 0 spiro atoms. The van der Waals surface area contributed by atoms with Crippen molar-refractivity contribution in [3.05, 3.63) is 94.5 Å². The number of nitrogens with one attached hydrogen (secondary N) is 1. The number of halogens is 6. The molecule has 0 atom stereocenters. The highest BCUT2D eigenvalue weighted by atomic mass is 19.4. The highest BCUT2D eigenvalue weighted by Gasteiger charge is 2.37. The third-order valence-corrected chi connectivity index (χ3v) is 4.55. The number of amides is 1. The predicted molar refractivity (Wildman–Crippen MR) is 109 cm³/mol. The van der Waals surface area contributed by atoms with Crippen molar-refractivity contribution >= 4 is 17.6 Å². The Morgan fingerprint density at radius 2 is 1.41 bits per heavy atom. The van der Waals surface area contributed by atoms with Gasteiger partial charge in [0, 0.05) is 5.69 Å². The van der Waals surface area contributed by atoms with Crippen LogP contribution in [0.4, 0.5) is 32.0 Å². The molecular formula is C23H15F6NO4. The van der Waals surface area contributed by atoms with E-state index in [1.165, 1.54) is 6.07 Å². The number of carbonyl (C=O) groups is 2. The summed E-state index contributed by atoms with van der Waals surface area (Å²) in [5.41, 5.74) is -4.03. The van der Waals surface area contributed by atoms with Gasteiger partial charge in [0.15, 0.2) is 0 Å². The number of aromatic carboxylic acids is 1. The fourth-order valence-corrected chi connectivity index (χ4v) is 2.93. The topological polar surface area (TPSA) is 75.6 Å². The minimum atomic E-state index is -5.10. The second-order valence-electron chi connectivity index (χ2n) is 7.04. The highest BCUT2D eigenvalue weighted by molar-refractivity contribution is 6.07. The fourth-order valence-electron chi connectivity index (χ4n) is 2.93. The molecule has 0 aliphatic heterocycles. The first kappa shape index (κ1) is 24.6. The first-order chi connectivity index (χ1) is 15.8. The minimum absolute atomic E-state index is 0.0324. The van der Waals surface area contributed by atoms with Crippen LogP contribution in [0.1, 0.15) is 37.4 Å². The molecule has 0 bridgehead atoms. The fraction of sp³-hybridized carbons (Fsp3) is 0.130. The molecule has 0 fully saturated rings. The molecule has 11 heteroatoms. The van der Waals surface area contributed by atoms with Gasteiger partial charge in [0.25, 0.3) is 5.91 Å². The maximum atomic E-state index is 13.1. The zero-order chi connectivity index (χ0) is 25.1. The summed E-state index contributed by atoms with van der Waals surface area (Å²) in [5.74, 6) is -2.67. The van der Waals surface area contributed by atoms with Gasteiger partial charge in [-0.2, -0.15) is 26.3 Å². The number of hydrogen-bond donors (Lipinski definition) is 2. The number of rotatable bonds is 6. The predicted octanol–water partition coefficient (Wildman–Crippen LogP) is 6.25. The van der Waals surface area contributed by atoms with Crippen LogP contribution in [0.25, 0.3) is 0 Å². The van der Waals surface area contributed by atoms with Crippen molar-refractivity contribution in [2.75, 3.05) is 5.32 Å². The van der Waals surface area contributed by atoms with Gasteiger partial charge in [0.2, 0.25) is 0 Å². The molecule has 2 N–H and O–H groups in total. The second-order valence-corrected chi connectivity index (χ2v) is 7.04. The van der Waals surface area contributed by atoms with E-state index in [9.17, 15) is 41.0 Å². The Labute approximate surface area is 188 Å². The second kappa shape index (κ2) is 9.46. The lowest BCUT2D eigenvalue weighted by atomic mass is 10.1. The van der Waals surface area contributed by atoms with E-state index in [-0.39, 0.29) is 29.5 Å². The third kappa shape index (κ3) is 6.06. The monoisotopic (exact) mass is 483 g/mol. The molecule has 3 rings (SSSR count). The zero-order valence-corrected chi connectivity index (χ0v) is 17.0. The molecule has 0 saturated carbocycles. The lowest BCUT2D eigenvalue weighted by Crippen LogP contribution is -2.17. The van der Waals surface area contributed by atoms with E-state index >= 15 is 0 Å². The average molecular weight is 483 g/mol. The SMILES string of the molecule is O=C(O)c1ccc(OCc2ccccc2)c(C(=O)Nc2cc(C(F)(F)F)cc(C(F)(F)F)c2)c1. The molecule has 0 aliphatic carbocycles. The quantitative estimate of drug-likeness (QED) is 0.406. The van der Waals surface area contributed by atoms with Crippen molar-refractivity contribution in [1.82, 2.24) is 0 Å². The number of anilines is 1. The van der Waals surface area contributed by atoms with Gasteiger partial charge >= 0.3 is 18.3 Å². The van der Waals surface area contributed by atoms with E-state index in [1.54, 1.807) is 30.3 Å². The first-order valence-corrected chi connectivity index (χ1v) is 9.49. The summed E-state index contributed by atoms with van der Waals surface area (Å²) in [5, 5.41) is 11.2. The van der Waals surface area contributed by atoms with Crippen LogP contribution in [-0.2, 0) is 19.0 Å². The average Bonchev–Trinajstić information content (AvgIpc) is 2.76. The van der Waals surface area contributed by atoms with E-state index in [2.05, 4.69) is 0 Å². The molecule has 0 saturated heterocycles. The number of ether oxygens (including phenoxy) is 1. The van der Waals surface area contributed by atoms with Crippen LogP contribution in [0.15, 0.2) is 66.7 Å². The number of hydrogen-bond acceptors (Lipinski definition) is 3. The Hall–Kier alpha value is -4.02. The molecule has 5 nitrogen and oxygen atoms in total. The molecule has 34 heavy (non-hydrogen) atoms. The molecular weight excluding hydrogens is 468 g/mol. The summed E-state index contributed by atoms with van der Waals surface area (Å²) in [6.07, 6.45) is -10.2. The van der Waals surface area contributed by atoms with Gasteiger partial charge in [-0.3, -0.25) is 4.79 Å². The lowest BCUT2D eigenvalue weighted by Gasteiger charge is -2.16. The normalized spacial score (nSPS) is 11.7. The number of alkyl halides is 6. The molecule has 0 heterocycles. The van der Waals surface area contributed by atoms with Gasteiger partial charge in [-0.25, -0.2) is 4.79 Å². The van der Waals surface area contributed by atoms with Gasteiger partial charge in [0.05, 0.1) is 22.3 Å². The number of carbonyl (C=O) groups excluding carboxylic acids is 1. The van der Waals surface area contributed by atoms with Gasteiger partial charge in [-0.15, -0.1) is 0 Å². The van der Waals surface area contributed by atoms with Crippen molar-refractivity contribution in [3.63, 3.8) is 0 Å².